The molecule has 1 saturated carbocycles. The molecule has 1 aromatic heterocycles. The van der Waals surface area contributed by atoms with E-state index < -0.39 is 0 Å². The lowest BCUT2D eigenvalue weighted by Gasteiger charge is -2.10. The lowest BCUT2D eigenvalue weighted by atomic mass is 10.3. The van der Waals surface area contributed by atoms with E-state index in [2.05, 4.69) is 20.8 Å². The van der Waals surface area contributed by atoms with Crippen LogP contribution in [0.15, 0.2) is 18.2 Å². The lowest BCUT2D eigenvalue weighted by Crippen LogP contribution is -2.21. The molecule has 22 heavy (non-hydrogen) atoms. The van der Waals surface area contributed by atoms with Crippen molar-refractivity contribution in [2.45, 2.75) is 18.8 Å². The second-order valence-electron chi connectivity index (χ2n) is 4.97. The molecular formula is C14H15ClN4O2S. The highest BCUT2D eigenvalue weighted by Gasteiger charge is 2.27. The minimum absolute atomic E-state index is 0.0923. The number of anilines is 2. The van der Waals surface area contributed by atoms with Crippen LogP contribution >= 0.6 is 22.9 Å². The summed E-state index contributed by atoms with van der Waals surface area (Å²) in [6.45, 7) is 0.0923. The molecule has 1 heterocycles. The van der Waals surface area contributed by atoms with Gasteiger partial charge >= 0.3 is 0 Å². The van der Waals surface area contributed by atoms with Crippen LogP contribution in [0, 0.1) is 0 Å². The Morgan fingerprint density at radius 1 is 1.45 bits per heavy atom. The van der Waals surface area contributed by atoms with Crippen LogP contribution in [0.3, 0.4) is 0 Å². The summed E-state index contributed by atoms with van der Waals surface area (Å²) in [6.07, 6.45) is 2.33. The van der Waals surface area contributed by atoms with E-state index in [1.165, 1.54) is 24.2 Å². The molecule has 1 aromatic carbocycles. The highest BCUT2D eigenvalue weighted by Crippen LogP contribution is 2.42. The first-order valence-corrected chi connectivity index (χ1v) is 8.06. The summed E-state index contributed by atoms with van der Waals surface area (Å²) in [4.78, 5) is 12.0. The van der Waals surface area contributed by atoms with Crippen LogP contribution in [0.25, 0.3) is 0 Å². The number of benzene rings is 1. The third-order valence-corrected chi connectivity index (χ3v) is 4.45. The topological polar surface area (TPSA) is 76.1 Å². The molecule has 2 aromatic rings. The van der Waals surface area contributed by atoms with Gasteiger partial charge in [0.15, 0.2) is 0 Å². The van der Waals surface area contributed by atoms with Gasteiger partial charge in [-0.25, -0.2) is 0 Å². The van der Waals surface area contributed by atoms with E-state index in [0.717, 1.165) is 5.01 Å². The molecule has 0 aliphatic heterocycles. The third kappa shape index (κ3) is 3.66. The Bertz CT molecular complexity index is 687. The number of nitrogens with zero attached hydrogens (tertiary/aromatic N) is 2. The average molecular weight is 339 g/mol. The molecule has 1 fully saturated rings. The predicted molar refractivity (Wildman–Crippen MR) is 87.0 cm³/mol. The standard InChI is InChI=1S/C14H15ClN4O2S/c1-21-11-5-4-9(15)6-10(11)16-7-12(20)17-14-19-18-13(22-14)8-2-3-8/h4-6,8,16H,2-3,7H2,1H3,(H,17,19,20). The summed E-state index contributed by atoms with van der Waals surface area (Å²) in [5, 5.41) is 15.9. The fraction of sp³-hybridized carbons (Fsp3) is 0.357. The number of methoxy groups -OCH3 is 1. The number of ether oxygens (including phenoxy) is 1. The second-order valence-corrected chi connectivity index (χ2v) is 6.41. The van der Waals surface area contributed by atoms with Crippen LogP contribution in [-0.2, 0) is 4.79 Å². The highest BCUT2D eigenvalue weighted by atomic mass is 35.5. The molecule has 0 spiro atoms. The Balaban J connectivity index is 1.56. The molecule has 0 radical (unpaired) electrons. The summed E-state index contributed by atoms with van der Waals surface area (Å²) in [5.41, 5.74) is 0.668. The van der Waals surface area contributed by atoms with Crippen molar-refractivity contribution in [3.63, 3.8) is 0 Å². The van der Waals surface area contributed by atoms with Crippen LogP contribution in [0.5, 0.6) is 5.75 Å². The Kier molecular flexibility index (Phi) is 4.44. The van der Waals surface area contributed by atoms with Gasteiger partial charge in [0, 0.05) is 10.9 Å². The monoisotopic (exact) mass is 338 g/mol. The molecule has 1 aliphatic rings. The number of carbonyl (C=O) groups excluding carboxylic acids is 1. The molecule has 3 rings (SSSR count). The van der Waals surface area contributed by atoms with E-state index >= 15 is 0 Å². The predicted octanol–water partition coefficient (Wildman–Crippen LogP) is 3.13. The van der Waals surface area contributed by atoms with E-state index in [9.17, 15) is 4.79 Å². The fourth-order valence-corrected chi connectivity index (χ4v) is 3.04. The zero-order valence-corrected chi connectivity index (χ0v) is 13.5. The summed E-state index contributed by atoms with van der Waals surface area (Å²) in [5.74, 6) is 0.974. The van der Waals surface area contributed by atoms with Crippen molar-refractivity contribution >= 4 is 39.7 Å². The smallest absolute Gasteiger partial charge is 0.245 e. The summed E-state index contributed by atoms with van der Waals surface area (Å²) in [6, 6.07) is 5.19. The number of nitrogens with one attached hydrogen (secondary N) is 2. The van der Waals surface area contributed by atoms with Crippen molar-refractivity contribution in [3.8, 4) is 5.75 Å². The van der Waals surface area contributed by atoms with Crippen molar-refractivity contribution in [1.82, 2.24) is 10.2 Å². The van der Waals surface area contributed by atoms with E-state index in [0.29, 0.717) is 27.5 Å². The first-order valence-electron chi connectivity index (χ1n) is 6.86. The van der Waals surface area contributed by atoms with Gasteiger partial charge in [0.05, 0.1) is 19.3 Å². The molecule has 1 amide bonds. The number of amides is 1. The first-order chi connectivity index (χ1) is 10.7. The normalized spacial score (nSPS) is 13.7. The quantitative estimate of drug-likeness (QED) is 0.846. The van der Waals surface area contributed by atoms with Gasteiger partial charge in [-0.05, 0) is 31.0 Å². The molecular weight excluding hydrogens is 324 g/mol. The molecule has 8 heteroatoms. The van der Waals surface area contributed by atoms with Crippen LogP contribution < -0.4 is 15.4 Å². The maximum Gasteiger partial charge on any atom is 0.245 e. The van der Waals surface area contributed by atoms with E-state index in [1.807, 2.05) is 0 Å². The summed E-state index contributed by atoms with van der Waals surface area (Å²) >= 11 is 7.38. The van der Waals surface area contributed by atoms with Gasteiger partial charge in [-0.2, -0.15) is 0 Å². The van der Waals surface area contributed by atoms with Crippen LogP contribution in [0.2, 0.25) is 5.02 Å². The molecule has 0 bridgehead atoms. The second kappa shape index (κ2) is 6.50. The zero-order chi connectivity index (χ0) is 15.5. The van der Waals surface area contributed by atoms with E-state index in [4.69, 9.17) is 16.3 Å². The molecule has 0 atom stereocenters. The zero-order valence-electron chi connectivity index (χ0n) is 11.9. The third-order valence-electron chi connectivity index (χ3n) is 3.21. The molecule has 1 aliphatic carbocycles. The SMILES string of the molecule is COc1ccc(Cl)cc1NCC(=O)Nc1nnc(C2CC2)s1. The number of aromatic nitrogens is 2. The van der Waals surface area contributed by atoms with Gasteiger partial charge < -0.3 is 10.1 Å². The first kappa shape index (κ1) is 15.1. The summed E-state index contributed by atoms with van der Waals surface area (Å²) in [7, 11) is 1.56. The van der Waals surface area contributed by atoms with Gasteiger partial charge in [0.2, 0.25) is 11.0 Å². The molecule has 0 saturated heterocycles. The number of hydrogen-bond donors (Lipinski definition) is 2. The van der Waals surface area contributed by atoms with Crippen LogP contribution in [0.1, 0.15) is 23.8 Å². The van der Waals surface area contributed by atoms with E-state index in [1.54, 1.807) is 25.3 Å². The minimum atomic E-state index is -0.194. The summed E-state index contributed by atoms with van der Waals surface area (Å²) < 4.78 is 5.21. The minimum Gasteiger partial charge on any atom is -0.495 e. The molecule has 2 N–H and O–H groups in total. The van der Waals surface area contributed by atoms with Crippen molar-refractivity contribution in [2.75, 3.05) is 24.3 Å². The number of hydrogen-bond acceptors (Lipinski definition) is 6. The maximum absolute atomic E-state index is 12.0. The average Bonchev–Trinajstić information content (AvgIpc) is 3.26. The van der Waals surface area contributed by atoms with Crippen LogP contribution in [0.4, 0.5) is 10.8 Å². The Labute approximate surface area is 136 Å². The van der Waals surface area contributed by atoms with Gasteiger partial charge in [0.1, 0.15) is 10.8 Å². The lowest BCUT2D eigenvalue weighted by molar-refractivity contribution is -0.114. The van der Waals surface area contributed by atoms with Gasteiger partial charge in [0.25, 0.3) is 0 Å². The van der Waals surface area contributed by atoms with Crippen molar-refractivity contribution in [2.24, 2.45) is 0 Å². The van der Waals surface area contributed by atoms with Crippen LogP contribution in [-0.4, -0.2) is 29.8 Å². The largest absolute Gasteiger partial charge is 0.495 e. The molecule has 116 valence electrons. The highest BCUT2D eigenvalue weighted by molar-refractivity contribution is 7.15. The van der Waals surface area contributed by atoms with Crippen molar-refractivity contribution in [3.05, 3.63) is 28.2 Å². The van der Waals surface area contributed by atoms with Gasteiger partial charge in [-0.1, -0.05) is 22.9 Å². The van der Waals surface area contributed by atoms with E-state index in [-0.39, 0.29) is 12.5 Å². The number of rotatable bonds is 6. The fourth-order valence-electron chi connectivity index (χ4n) is 1.94. The maximum atomic E-state index is 12.0. The Morgan fingerprint density at radius 3 is 3.00 bits per heavy atom. The molecule has 0 unspecified atom stereocenters. The number of halogens is 1. The Morgan fingerprint density at radius 2 is 2.27 bits per heavy atom. The van der Waals surface area contributed by atoms with Gasteiger partial charge in [-0.3, -0.25) is 10.1 Å². The molecule has 6 nitrogen and oxygen atoms in total. The van der Waals surface area contributed by atoms with Crippen molar-refractivity contribution < 1.29 is 9.53 Å². The number of carbonyl (C=O) groups is 1. The van der Waals surface area contributed by atoms with Gasteiger partial charge in [-0.15, -0.1) is 10.2 Å². The van der Waals surface area contributed by atoms with Crippen molar-refractivity contribution in [1.29, 1.82) is 0 Å². The Hall–Kier alpha value is -1.86.